The van der Waals surface area contributed by atoms with E-state index in [1.54, 1.807) is 4.90 Å². The van der Waals surface area contributed by atoms with Crippen molar-refractivity contribution in [2.75, 3.05) is 52.9 Å². The number of hydrogen-bond acceptors (Lipinski definition) is 4. The van der Waals surface area contributed by atoms with Crippen molar-refractivity contribution in [1.82, 2.24) is 18.8 Å². The minimum absolute atomic E-state index is 0.0910. The van der Waals surface area contributed by atoms with Gasteiger partial charge in [0.25, 0.3) is 10.2 Å². The third-order valence-corrected chi connectivity index (χ3v) is 5.43. The van der Waals surface area contributed by atoms with E-state index in [1.165, 1.54) is 15.7 Å². The molecule has 1 aliphatic rings. The molecule has 0 atom stereocenters. The highest BCUT2D eigenvalue weighted by Crippen LogP contribution is 2.09. The van der Waals surface area contributed by atoms with Gasteiger partial charge in [0.2, 0.25) is 5.91 Å². The van der Waals surface area contributed by atoms with Gasteiger partial charge in [-0.2, -0.15) is 17.0 Å². The SMILES string of the molecule is CCCN(CCC)S(=O)(=O)N(C)CC(=O)N1CCNCC1. The van der Waals surface area contributed by atoms with Crippen molar-refractivity contribution in [1.29, 1.82) is 0 Å². The topological polar surface area (TPSA) is 73.0 Å². The van der Waals surface area contributed by atoms with Crippen molar-refractivity contribution in [2.24, 2.45) is 0 Å². The van der Waals surface area contributed by atoms with Gasteiger partial charge < -0.3 is 10.2 Å². The second-order valence-corrected chi connectivity index (χ2v) is 7.33. The van der Waals surface area contributed by atoms with Crippen LogP contribution in [0.1, 0.15) is 26.7 Å². The Balaban J connectivity index is 2.66. The third-order valence-electron chi connectivity index (χ3n) is 3.49. The lowest BCUT2D eigenvalue weighted by atomic mass is 10.3. The lowest BCUT2D eigenvalue weighted by Crippen LogP contribution is -2.51. The van der Waals surface area contributed by atoms with Crippen molar-refractivity contribution in [3.8, 4) is 0 Å². The van der Waals surface area contributed by atoms with E-state index in [9.17, 15) is 13.2 Å². The molecule has 0 bridgehead atoms. The van der Waals surface area contributed by atoms with Crippen LogP contribution in [0.2, 0.25) is 0 Å². The summed E-state index contributed by atoms with van der Waals surface area (Å²) in [5.74, 6) is -0.129. The normalized spacial score (nSPS) is 16.7. The van der Waals surface area contributed by atoms with Gasteiger partial charge in [-0.1, -0.05) is 13.8 Å². The van der Waals surface area contributed by atoms with Gasteiger partial charge in [-0.3, -0.25) is 4.79 Å². The van der Waals surface area contributed by atoms with Crippen LogP contribution in [0.25, 0.3) is 0 Å². The number of likely N-dealkylation sites (N-methyl/N-ethyl adjacent to an activating group) is 1. The number of carbonyl (C=O) groups is 1. The maximum absolute atomic E-state index is 12.5. The van der Waals surface area contributed by atoms with E-state index in [4.69, 9.17) is 0 Å². The van der Waals surface area contributed by atoms with Crippen LogP contribution in [0.4, 0.5) is 0 Å². The number of amides is 1. The number of piperazine rings is 1. The lowest BCUT2D eigenvalue weighted by molar-refractivity contribution is -0.131. The maximum Gasteiger partial charge on any atom is 0.282 e. The average molecular weight is 320 g/mol. The fourth-order valence-electron chi connectivity index (χ4n) is 2.32. The number of carbonyl (C=O) groups excluding carboxylic acids is 1. The zero-order chi connectivity index (χ0) is 15.9. The molecule has 0 aromatic rings. The van der Waals surface area contributed by atoms with E-state index in [0.717, 1.165) is 25.9 Å². The zero-order valence-electron chi connectivity index (χ0n) is 13.3. The molecule has 1 amide bonds. The Hall–Kier alpha value is -0.700. The molecule has 1 N–H and O–H groups in total. The summed E-state index contributed by atoms with van der Waals surface area (Å²) in [5, 5.41) is 3.17. The summed E-state index contributed by atoms with van der Waals surface area (Å²) in [4.78, 5) is 13.9. The van der Waals surface area contributed by atoms with Crippen LogP contribution in [0.3, 0.4) is 0 Å². The van der Waals surface area contributed by atoms with Gasteiger partial charge in [-0.15, -0.1) is 0 Å². The Bertz CT molecular complexity index is 415. The highest BCUT2D eigenvalue weighted by Gasteiger charge is 2.28. The Morgan fingerprint density at radius 3 is 2.14 bits per heavy atom. The Kier molecular flexibility index (Phi) is 7.58. The monoisotopic (exact) mass is 320 g/mol. The molecule has 124 valence electrons. The average Bonchev–Trinajstić information content (AvgIpc) is 2.47. The molecule has 1 saturated heterocycles. The molecule has 0 aromatic heterocycles. The highest BCUT2D eigenvalue weighted by molar-refractivity contribution is 7.86. The zero-order valence-corrected chi connectivity index (χ0v) is 14.2. The van der Waals surface area contributed by atoms with Crippen molar-refractivity contribution in [3.05, 3.63) is 0 Å². The second-order valence-electron chi connectivity index (χ2n) is 5.29. The summed E-state index contributed by atoms with van der Waals surface area (Å²) in [7, 11) is -2.08. The molecular weight excluding hydrogens is 292 g/mol. The van der Waals surface area contributed by atoms with Gasteiger partial charge in [0.15, 0.2) is 0 Å². The van der Waals surface area contributed by atoms with Gasteiger partial charge in [0.1, 0.15) is 0 Å². The number of nitrogens with one attached hydrogen (secondary N) is 1. The number of hydrogen-bond donors (Lipinski definition) is 1. The maximum atomic E-state index is 12.5. The first-order valence-corrected chi connectivity index (χ1v) is 9.03. The van der Waals surface area contributed by atoms with E-state index in [0.29, 0.717) is 26.2 Å². The molecule has 7 nitrogen and oxygen atoms in total. The summed E-state index contributed by atoms with van der Waals surface area (Å²) >= 11 is 0. The molecular formula is C13H28N4O3S. The van der Waals surface area contributed by atoms with Crippen molar-refractivity contribution < 1.29 is 13.2 Å². The van der Waals surface area contributed by atoms with Crippen LogP contribution in [-0.2, 0) is 15.0 Å². The summed E-state index contributed by atoms with van der Waals surface area (Å²) < 4.78 is 27.6. The summed E-state index contributed by atoms with van der Waals surface area (Å²) in [6.07, 6.45) is 1.53. The largest absolute Gasteiger partial charge is 0.339 e. The third kappa shape index (κ3) is 5.21. The molecule has 1 heterocycles. The van der Waals surface area contributed by atoms with Crippen LogP contribution in [0.5, 0.6) is 0 Å². The predicted octanol–water partition coefficient (Wildman–Crippen LogP) is -0.283. The summed E-state index contributed by atoms with van der Waals surface area (Å²) in [5.41, 5.74) is 0. The fourth-order valence-corrected chi connectivity index (χ4v) is 3.82. The highest BCUT2D eigenvalue weighted by atomic mass is 32.2. The molecule has 21 heavy (non-hydrogen) atoms. The van der Waals surface area contributed by atoms with E-state index in [-0.39, 0.29) is 12.5 Å². The molecule has 0 spiro atoms. The van der Waals surface area contributed by atoms with Crippen LogP contribution < -0.4 is 5.32 Å². The van der Waals surface area contributed by atoms with Crippen LogP contribution in [0.15, 0.2) is 0 Å². The van der Waals surface area contributed by atoms with Crippen molar-refractivity contribution >= 4 is 16.1 Å². The molecule has 0 radical (unpaired) electrons. The van der Waals surface area contributed by atoms with Gasteiger partial charge in [-0.25, -0.2) is 0 Å². The fraction of sp³-hybridized carbons (Fsp3) is 0.923. The van der Waals surface area contributed by atoms with Gasteiger partial charge in [-0.05, 0) is 12.8 Å². The predicted molar refractivity (Wildman–Crippen MR) is 83.2 cm³/mol. The van der Waals surface area contributed by atoms with Crippen LogP contribution >= 0.6 is 0 Å². The standard InChI is InChI=1S/C13H28N4O3S/c1-4-8-17(9-5-2)21(19,20)15(3)12-13(18)16-10-6-14-7-11-16/h14H,4-12H2,1-3H3. The minimum atomic E-state index is -3.56. The summed E-state index contributed by atoms with van der Waals surface area (Å²) in [6.45, 7) is 7.59. The molecule has 0 unspecified atom stereocenters. The lowest BCUT2D eigenvalue weighted by Gasteiger charge is -2.31. The van der Waals surface area contributed by atoms with Gasteiger partial charge in [0.05, 0.1) is 6.54 Å². The number of nitrogens with zero attached hydrogens (tertiary/aromatic N) is 3. The molecule has 1 fully saturated rings. The first-order chi connectivity index (χ1) is 9.93. The molecule has 0 aliphatic carbocycles. The minimum Gasteiger partial charge on any atom is -0.339 e. The molecule has 1 aliphatic heterocycles. The summed E-state index contributed by atoms with van der Waals surface area (Å²) in [6, 6.07) is 0. The second kappa shape index (κ2) is 8.67. The smallest absolute Gasteiger partial charge is 0.282 e. The molecule has 1 rings (SSSR count). The number of rotatable bonds is 8. The van der Waals surface area contributed by atoms with Crippen molar-refractivity contribution in [3.63, 3.8) is 0 Å². The Labute approximate surface area is 128 Å². The van der Waals surface area contributed by atoms with Crippen LogP contribution in [-0.4, -0.2) is 80.7 Å². The Morgan fingerprint density at radius 1 is 1.14 bits per heavy atom. The molecule has 0 aromatic carbocycles. The molecule has 8 heteroatoms. The molecule has 0 saturated carbocycles. The van der Waals surface area contributed by atoms with Crippen molar-refractivity contribution in [2.45, 2.75) is 26.7 Å². The van der Waals surface area contributed by atoms with Gasteiger partial charge >= 0.3 is 0 Å². The van der Waals surface area contributed by atoms with E-state index in [1.807, 2.05) is 13.8 Å². The first kappa shape index (κ1) is 18.3. The van der Waals surface area contributed by atoms with E-state index >= 15 is 0 Å². The van der Waals surface area contributed by atoms with Gasteiger partial charge in [0, 0.05) is 46.3 Å². The first-order valence-electron chi connectivity index (χ1n) is 7.63. The van der Waals surface area contributed by atoms with E-state index in [2.05, 4.69) is 5.32 Å². The van der Waals surface area contributed by atoms with Crippen LogP contribution in [0, 0.1) is 0 Å². The van der Waals surface area contributed by atoms with E-state index < -0.39 is 10.2 Å². The Morgan fingerprint density at radius 2 is 1.67 bits per heavy atom. The quantitative estimate of drug-likeness (QED) is 0.667.